The van der Waals surface area contributed by atoms with Gasteiger partial charge in [-0.1, -0.05) is 6.07 Å². The predicted octanol–water partition coefficient (Wildman–Crippen LogP) is 1.02. The highest BCUT2D eigenvalue weighted by molar-refractivity contribution is 5.95. The van der Waals surface area contributed by atoms with E-state index in [4.69, 9.17) is 0 Å². The summed E-state index contributed by atoms with van der Waals surface area (Å²) in [6, 6.07) is 5.30. The van der Waals surface area contributed by atoms with E-state index in [0.717, 1.165) is 64.5 Å². The number of benzene rings is 1. The first-order valence-electron chi connectivity index (χ1n) is 11.2. The Hall–Kier alpha value is -2.29. The molecule has 0 aromatic heterocycles. The van der Waals surface area contributed by atoms with Crippen LogP contribution in [0.15, 0.2) is 24.3 Å². The molecule has 0 aliphatic carbocycles. The average Bonchev–Trinajstić information content (AvgIpc) is 3.25. The van der Waals surface area contributed by atoms with Gasteiger partial charge in [0.05, 0.1) is 44.8 Å². The average molecular weight is 440 g/mol. The predicted molar refractivity (Wildman–Crippen MR) is 110 cm³/mol. The number of nitrogens with zero attached hydrogens (tertiary/aromatic N) is 3. The van der Waals surface area contributed by atoms with Crippen molar-refractivity contribution >= 4 is 17.5 Å². The van der Waals surface area contributed by atoms with Crippen molar-refractivity contribution in [3.63, 3.8) is 0 Å². The van der Waals surface area contributed by atoms with Crippen LogP contribution in [0.3, 0.4) is 0 Å². The summed E-state index contributed by atoms with van der Waals surface area (Å²) < 4.78 is 38.8. The van der Waals surface area contributed by atoms with Crippen LogP contribution in [0.2, 0.25) is 0 Å². The maximum atomic E-state index is 12.9. The Morgan fingerprint density at radius 1 is 1.06 bits per heavy atom. The maximum absolute atomic E-state index is 12.9. The lowest BCUT2D eigenvalue weighted by Crippen LogP contribution is -3.14. The van der Waals surface area contributed by atoms with Gasteiger partial charge in [-0.15, -0.1) is 0 Å². The van der Waals surface area contributed by atoms with Gasteiger partial charge in [0.2, 0.25) is 11.8 Å². The lowest BCUT2D eigenvalue weighted by atomic mass is 10.1. The van der Waals surface area contributed by atoms with Crippen molar-refractivity contribution in [2.75, 3.05) is 57.3 Å². The molecule has 0 saturated carbocycles. The summed E-state index contributed by atoms with van der Waals surface area (Å²) in [6.07, 6.45) is -0.801. The third-order valence-corrected chi connectivity index (χ3v) is 6.71. The number of carbonyl (C=O) groups is 2. The van der Waals surface area contributed by atoms with Gasteiger partial charge in [-0.3, -0.25) is 9.59 Å². The lowest BCUT2D eigenvalue weighted by molar-refractivity contribution is -0.900. The normalized spacial score (nSPS) is 22.9. The molecule has 3 aliphatic heterocycles. The van der Waals surface area contributed by atoms with Crippen LogP contribution in [0.5, 0.6) is 0 Å². The molecule has 3 aliphatic rings. The van der Waals surface area contributed by atoms with Gasteiger partial charge in [-0.05, 0) is 43.9 Å². The van der Waals surface area contributed by atoms with E-state index in [2.05, 4.69) is 0 Å². The molecule has 0 bridgehead atoms. The third kappa shape index (κ3) is 4.97. The number of hydrogen-bond donors (Lipinski definition) is 1. The van der Waals surface area contributed by atoms with Crippen molar-refractivity contribution in [2.45, 2.75) is 37.9 Å². The number of amides is 2. The van der Waals surface area contributed by atoms with E-state index < -0.39 is 11.7 Å². The van der Waals surface area contributed by atoms with Crippen LogP contribution in [0, 0.1) is 0 Å². The molecular formula is C22H30F3N4O2+. The topological polar surface area (TPSA) is 48.3 Å². The zero-order valence-corrected chi connectivity index (χ0v) is 17.7. The Kier molecular flexibility index (Phi) is 6.41. The molecule has 1 N–H and O–H groups in total. The van der Waals surface area contributed by atoms with Gasteiger partial charge in [0, 0.05) is 18.8 Å². The Morgan fingerprint density at radius 2 is 1.84 bits per heavy atom. The zero-order chi connectivity index (χ0) is 22.0. The van der Waals surface area contributed by atoms with Crippen molar-refractivity contribution in [1.82, 2.24) is 9.80 Å². The second kappa shape index (κ2) is 9.06. The molecule has 170 valence electrons. The van der Waals surface area contributed by atoms with Crippen LogP contribution in [0.25, 0.3) is 0 Å². The molecule has 0 unspecified atom stereocenters. The van der Waals surface area contributed by atoms with Gasteiger partial charge in [0.1, 0.15) is 6.04 Å². The molecule has 3 heterocycles. The number of rotatable bonds is 6. The van der Waals surface area contributed by atoms with E-state index in [0.29, 0.717) is 18.8 Å². The molecule has 3 saturated heterocycles. The minimum absolute atomic E-state index is 0.0680. The van der Waals surface area contributed by atoms with Crippen LogP contribution in [-0.4, -0.2) is 80.0 Å². The van der Waals surface area contributed by atoms with Gasteiger partial charge < -0.3 is 19.6 Å². The summed E-state index contributed by atoms with van der Waals surface area (Å²) >= 11 is 0. The molecule has 1 aromatic rings. The van der Waals surface area contributed by atoms with Crippen molar-refractivity contribution in [2.24, 2.45) is 0 Å². The molecule has 0 spiro atoms. The number of anilines is 1. The largest absolute Gasteiger partial charge is 0.416 e. The van der Waals surface area contributed by atoms with E-state index in [1.54, 1.807) is 15.9 Å². The maximum Gasteiger partial charge on any atom is 0.416 e. The highest BCUT2D eigenvalue weighted by Crippen LogP contribution is 2.31. The first kappa shape index (κ1) is 21.9. The molecule has 3 fully saturated rings. The summed E-state index contributed by atoms with van der Waals surface area (Å²) in [5.74, 6) is 0.164. The SMILES string of the molecule is O=C1[C@H]2CCCN2C(=O)CN1CCCC[NH+]1CCN(c2cccc(C(F)(F)F)c2)CC1. The van der Waals surface area contributed by atoms with E-state index in [9.17, 15) is 22.8 Å². The number of quaternary nitrogens is 1. The van der Waals surface area contributed by atoms with E-state index in [1.807, 2.05) is 4.90 Å². The fourth-order valence-electron chi connectivity index (χ4n) is 4.94. The number of fused-ring (bicyclic) bond motifs is 1. The fourth-order valence-corrected chi connectivity index (χ4v) is 4.94. The minimum atomic E-state index is -4.32. The Bertz CT molecular complexity index is 808. The van der Waals surface area contributed by atoms with Crippen LogP contribution >= 0.6 is 0 Å². The van der Waals surface area contributed by atoms with Crippen molar-refractivity contribution in [1.29, 1.82) is 0 Å². The van der Waals surface area contributed by atoms with Crippen LogP contribution in [-0.2, 0) is 15.8 Å². The van der Waals surface area contributed by atoms with Gasteiger partial charge in [0.25, 0.3) is 0 Å². The summed E-state index contributed by atoms with van der Waals surface area (Å²) in [6.45, 7) is 5.74. The number of piperazine rings is 2. The van der Waals surface area contributed by atoms with Crippen molar-refractivity contribution in [3.8, 4) is 0 Å². The summed E-state index contributed by atoms with van der Waals surface area (Å²) in [5, 5.41) is 0. The molecule has 1 aromatic carbocycles. The second-order valence-electron chi connectivity index (χ2n) is 8.75. The Labute approximate surface area is 180 Å². The van der Waals surface area contributed by atoms with Gasteiger partial charge in [0.15, 0.2) is 0 Å². The van der Waals surface area contributed by atoms with Crippen LogP contribution in [0.4, 0.5) is 18.9 Å². The summed E-state index contributed by atoms with van der Waals surface area (Å²) in [5.41, 5.74) is 0.0225. The van der Waals surface area contributed by atoms with E-state index in [1.165, 1.54) is 17.0 Å². The van der Waals surface area contributed by atoms with Gasteiger partial charge in [-0.25, -0.2) is 0 Å². The Balaban J connectivity index is 1.18. The smallest absolute Gasteiger partial charge is 0.360 e. The quantitative estimate of drug-likeness (QED) is 0.674. The fraction of sp³-hybridized carbons (Fsp3) is 0.636. The minimum Gasteiger partial charge on any atom is -0.360 e. The highest BCUT2D eigenvalue weighted by atomic mass is 19.4. The number of hydrogen-bond acceptors (Lipinski definition) is 3. The van der Waals surface area contributed by atoms with Gasteiger partial charge in [-0.2, -0.15) is 13.2 Å². The molecule has 2 amide bonds. The third-order valence-electron chi connectivity index (χ3n) is 6.71. The molecule has 31 heavy (non-hydrogen) atoms. The molecule has 9 heteroatoms. The number of carbonyl (C=O) groups excluding carboxylic acids is 2. The number of halogens is 3. The number of nitrogens with one attached hydrogen (secondary N) is 1. The summed E-state index contributed by atoms with van der Waals surface area (Å²) in [4.78, 5) is 31.7. The lowest BCUT2D eigenvalue weighted by Gasteiger charge is -2.36. The first-order valence-corrected chi connectivity index (χ1v) is 11.2. The molecule has 4 rings (SSSR count). The molecule has 0 radical (unpaired) electrons. The monoisotopic (exact) mass is 439 g/mol. The van der Waals surface area contributed by atoms with Gasteiger partial charge >= 0.3 is 6.18 Å². The standard InChI is InChI=1S/C22H29F3N4O2/c23-22(24,25)17-5-3-6-18(15-17)27-13-11-26(12-14-27)8-1-2-9-28-16-20(30)29-10-4-7-19(29)21(28)31/h3,5-6,15,19H,1-2,4,7-14,16H2/p+1/t19-/m1/s1. The van der Waals surface area contributed by atoms with E-state index in [-0.39, 0.29) is 24.4 Å². The Morgan fingerprint density at radius 3 is 2.58 bits per heavy atom. The second-order valence-corrected chi connectivity index (χ2v) is 8.75. The first-order chi connectivity index (χ1) is 14.8. The molecular weight excluding hydrogens is 409 g/mol. The highest BCUT2D eigenvalue weighted by Gasteiger charge is 2.41. The zero-order valence-electron chi connectivity index (χ0n) is 17.7. The van der Waals surface area contributed by atoms with Crippen LogP contribution in [0.1, 0.15) is 31.2 Å². The van der Waals surface area contributed by atoms with Crippen molar-refractivity contribution < 1.29 is 27.7 Å². The molecule has 6 nitrogen and oxygen atoms in total. The van der Waals surface area contributed by atoms with Crippen LogP contribution < -0.4 is 9.80 Å². The number of alkyl halides is 3. The molecule has 1 atom stereocenters. The van der Waals surface area contributed by atoms with E-state index >= 15 is 0 Å². The number of unbranched alkanes of at least 4 members (excludes halogenated alkanes) is 1. The summed E-state index contributed by atoms with van der Waals surface area (Å²) in [7, 11) is 0. The van der Waals surface area contributed by atoms with Crippen molar-refractivity contribution in [3.05, 3.63) is 29.8 Å².